The van der Waals surface area contributed by atoms with Crippen LogP contribution in [0.2, 0.25) is 0 Å². The number of hydrogen-bond donors (Lipinski definition) is 1. The lowest BCUT2D eigenvalue weighted by Crippen LogP contribution is -2.36. The molecule has 0 atom stereocenters. The van der Waals surface area contributed by atoms with Crippen LogP contribution in [0.4, 0.5) is 5.95 Å². The predicted octanol–water partition coefficient (Wildman–Crippen LogP) is 1.48. The van der Waals surface area contributed by atoms with E-state index in [0.717, 1.165) is 50.1 Å². The number of aromatic nitrogens is 6. The average Bonchev–Trinajstić information content (AvgIpc) is 3.45. The Hall–Kier alpha value is -3.27. The van der Waals surface area contributed by atoms with Gasteiger partial charge in [-0.25, -0.2) is 9.67 Å². The lowest BCUT2D eigenvalue weighted by Gasteiger charge is -2.27. The molecule has 10 heteroatoms. The summed E-state index contributed by atoms with van der Waals surface area (Å²) in [5.41, 5.74) is 8.79. The number of hydrogen-bond acceptors (Lipinski definition) is 8. The average molecular weight is 379 g/mol. The van der Waals surface area contributed by atoms with Gasteiger partial charge in [-0.1, -0.05) is 0 Å². The van der Waals surface area contributed by atoms with Crippen LogP contribution in [0.25, 0.3) is 28.3 Å². The van der Waals surface area contributed by atoms with Gasteiger partial charge in [-0.3, -0.25) is 4.99 Å². The number of likely N-dealkylation sites (tertiary alicyclic amines) is 1. The van der Waals surface area contributed by atoms with Gasteiger partial charge in [-0.05, 0) is 25.0 Å². The minimum atomic E-state index is 0.274. The highest BCUT2D eigenvalue weighted by molar-refractivity contribution is 5.90. The molecule has 0 aliphatic carbocycles. The summed E-state index contributed by atoms with van der Waals surface area (Å²) in [6.07, 6.45) is 5.44. The Labute approximate surface area is 160 Å². The maximum atomic E-state index is 6.14. The van der Waals surface area contributed by atoms with Crippen molar-refractivity contribution in [3.63, 3.8) is 0 Å². The Bertz CT molecular complexity index is 1150. The molecule has 0 spiro atoms. The summed E-state index contributed by atoms with van der Waals surface area (Å²) >= 11 is 0. The van der Waals surface area contributed by atoms with Crippen LogP contribution in [0.3, 0.4) is 0 Å². The van der Waals surface area contributed by atoms with Crippen LogP contribution >= 0.6 is 0 Å². The van der Waals surface area contributed by atoms with E-state index in [2.05, 4.69) is 30.1 Å². The van der Waals surface area contributed by atoms with E-state index in [0.29, 0.717) is 17.2 Å². The highest BCUT2D eigenvalue weighted by Gasteiger charge is 2.19. The van der Waals surface area contributed by atoms with E-state index >= 15 is 0 Å². The number of nitrogen functional groups attached to an aromatic ring is 1. The minimum absolute atomic E-state index is 0.274. The first-order valence-corrected chi connectivity index (χ1v) is 9.31. The number of rotatable bonds is 4. The summed E-state index contributed by atoms with van der Waals surface area (Å²) < 4.78 is 8.81. The van der Waals surface area contributed by atoms with E-state index in [1.807, 2.05) is 17.8 Å². The number of nitrogens with zero attached hydrogens (tertiary/aromatic N) is 8. The maximum Gasteiger partial charge on any atom is 0.225 e. The fraction of sp³-hybridized carbons (Fsp3) is 0.389. The minimum Gasteiger partial charge on any atom is -0.461 e. The Morgan fingerprint density at radius 2 is 2.04 bits per heavy atom. The van der Waals surface area contributed by atoms with Crippen molar-refractivity contribution >= 4 is 28.3 Å². The molecule has 0 unspecified atom stereocenters. The van der Waals surface area contributed by atoms with Crippen LogP contribution in [0, 0.1) is 0 Å². The van der Waals surface area contributed by atoms with Crippen molar-refractivity contribution in [2.75, 3.05) is 32.4 Å². The maximum absolute atomic E-state index is 6.14. The highest BCUT2D eigenvalue weighted by atomic mass is 16.3. The third-order valence-corrected chi connectivity index (χ3v) is 5.22. The topological polar surface area (TPSA) is 116 Å². The quantitative estimate of drug-likeness (QED) is 0.571. The predicted molar refractivity (Wildman–Crippen MR) is 105 cm³/mol. The summed E-state index contributed by atoms with van der Waals surface area (Å²) in [6, 6.07) is 3.61. The van der Waals surface area contributed by atoms with Crippen molar-refractivity contribution in [3.05, 3.63) is 24.6 Å². The fourth-order valence-corrected chi connectivity index (χ4v) is 3.62. The number of piperidine rings is 1. The monoisotopic (exact) mass is 379 g/mol. The highest BCUT2D eigenvalue weighted by Crippen LogP contribution is 2.23. The zero-order chi connectivity index (χ0) is 19.1. The molecule has 0 bridgehead atoms. The summed E-state index contributed by atoms with van der Waals surface area (Å²) in [4.78, 5) is 15.8. The Morgan fingerprint density at radius 1 is 1.18 bits per heavy atom. The molecule has 1 fully saturated rings. The van der Waals surface area contributed by atoms with Crippen molar-refractivity contribution in [1.82, 2.24) is 34.3 Å². The lowest BCUT2D eigenvalue weighted by molar-refractivity contribution is 0.260. The van der Waals surface area contributed by atoms with Crippen molar-refractivity contribution in [2.45, 2.75) is 19.4 Å². The molecular weight excluding hydrogens is 358 g/mol. The molecule has 0 saturated carbocycles. The van der Waals surface area contributed by atoms with Crippen LogP contribution < -0.4 is 5.73 Å². The molecule has 1 aliphatic heterocycles. The first kappa shape index (κ1) is 16.9. The van der Waals surface area contributed by atoms with Gasteiger partial charge in [0.05, 0.1) is 24.4 Å². The summed E-state index contributed by atoms with van der Waals surface area (Å²) in [7, 11) is 1.87. The second-order valence-corrected chi connectivity index (χ2v) is 6.85. The first-order chi connectivity index (χ1) is 13.7. The van der Waals surface area contributed by atoms with Gasteiger partial charge < -0.3 is 15.1 Å². The van der Waals surface area contributed by atoms with Crippen molar-refractivity contribution in [3.8, 4) is 11.6 Å². The first-order valence-electron chi connectivity index (χ1n) is 9.31. The Morgan fingerprint density at radius 3 is 2.79 bits per heavy atom. The van der Waals surface area contributed by atoms with E-state index in [1.165, 1.54) is 10.2 Å². The zero-order valence-corrected chi connectivity index (χ0v) is 15.6. The summed E-state index contributed by atoms with van der Waals surface area (Å²) in [5, 5.41) is 9.75. The summed E-state index contributed by atoms with van der Waals surface area (Å²) in [5.74, 6) is 1.33. The van der Waals surface area contributed by atoms with E-state index in [9.17, 15) is 0 Å². The zero-order valence-electron chi connectivity index (χ0n) is 15.6. The molecule has 4 aromatic heterocycles. The fourth-order valence-electron chi connectivity index (χ4n) is 3.62. The number of anilines is 1. The molecule has 144 valence electrons. The van der Waals surface area contributed by atoms with Crippen LogP contribution in [0.5, 0.6) is 0 Å². The van der Waals surface area contributed by atoms with Gasteiger partial charge in [0.1, 0.15) is 0 Å². The number of aliphatic imine (C=N–C) groups is 1. The van der Waals surface area contributed by atoms with Gasteiger partial charge in [0.2, 0.25) is 11.8 Å². The smallest absolute Gasteiger partial charge is 0.225 e. The third-order valence-electron chi connectivity index (χ3n) is 5.22. The van der Waals surface area contributed by atoms with Gasteiger partial charge in [-0.15, -0.1) is 5.10 Å². The molecule has 5 rings (SSSR count). The number of furan rings is 1. The van der Waals surface area contributed by atoms with Crippen molar-refractivity contribution in [2.24, 2.45) is 4.99 Å². The number of fused-ring (bicyclic) bond motifs is 3. The third kappa shape index (κ3) is 2.82. The molecule has 0 radical (unpaired) electrons. The molecule has 0 amide bonds. The molecule has 0 aromatic carbocycles. The molecule has 10 nitrogen and oxygen atoms in total. The normalized spacial score (nSPS) is 15.7. The van der Waals surface area contributed by atoms with Crippen molar-refractivity contribution < 1.29 is 4.42 Å². The van der Waals surface area contributed by atoms with Gasteiger partial charge in [-0.2, -0.15) is 14.6 Å². The van der Waals surface area contributed by atoms with Gasteiger partial charge >= 0.3 is 0 Å². The molecular formula is C18H21N9O. The van der Waals surface area contributed by atoms with Crippen LogP contribution in [-0.2, 0) is 6.54 Å². The molecule has 1 saturated heterocycles. The van der Waals surface area contributed by atoms with E-state index in [-0.39, 0.29) is 5.95 Å². The van der Waals surface area contributed by atoms with E-state index < -0.39 is 0 Å². The largest absolute Gasteiger partial charge is 0.461 e. The molecule has 1 aliphatic rings. The van der Waals surface area contributed by atoms with Gasteiger partial charge in [0.25, 0.3) is 0 Å². The molecule has 5 heterocycles. The van der Waals surface area contributed by atoms with Crippen LogP contribution in [0.15, 0.2) is 34.0 Å². The standard InChI is InChI=1S/C18H21N9O/c1-20-12-4-6-25(7-5-12)8-9-26-16-13(11-21-26)17-22-15(14-3-2-10-28-14)24-27(17)18(19)23-16/h2-3,10-11H,4-9H2,1H3,(H2,19,23). The van der Waals surface area contributed by atoms with E-state index in [1.54, 1.807) is 18.5 Å². The van der Waals surface area contributed by atoms with Gasteiger partial charge in [0, 0.05) is 32.4 Å². The van der Waals surface area contributed by atoms with Crippen LogP contribution in [-0.4, -0.2) is 66.7 Å². The Balaban J connectivity index is 1.43. The molecule has 28 heavy (non-hydrogen) atoms. The van der Waals surface area contributed by atoms with Gasteiger partial charge in [0.15, 0.2) is 17.1 Å². The lowest BCUT2D eigenvalue weighted by atomic mass is 10.1. The second-order valence-electron chi connectivity index (χ2n) is 6.85. The van der Waals surface area contributed by atoms with E-state index in [4.69, 9.17) is 10.2 Å². The molecule has 2 N–H and O–H groups in total. The molecule has 4 aromatic rings. The Kier molecular flexibility index (Phi) is 4.05. The van der Waals surface area contributed by atoms with Crippen LogP contribution in [0.1, 0.15) is 12.8 Å². The summed E-state index contributed by atoms with van der Waals surface area (Å²) in [6.45, 7) is 3.71. The SMILES string of the molecule is CN=C1CCN(CCn2ncc3c2nc(N)n2nc(-c4ccco4)nc32)CC1. The van der Waals surface area contributed by atoms with Crippen molar-refractivity contribution in [1.29, 1.82) is 0 Å². The number of nitrogens with two attached hydrogens (primary N) is 1. The second kappa shape index (κ2) is 6.71.